The predicted octanol–water partition coefficient (Wildman–Crippen LogP) is 3.93. The zero-order valence-corrected chi connectivity index (χ0v) is 20.0. The van der Waals surface area contributed by atoms with Gasteiger partial charge in [0.15, 0.2) is 5.96 Å². The van der Waals surface area contributed by atoms with E-state index in [1.54, 1.807) is 0 Å². The van der Waals surface area contributed by atoms with Crippen LogP contribution in [0.3, 0.4) is 0 Å². The second-order valence-corrected chi connectivity index (χ2v) is 7.80. The van der Waals surface area contributed by atoms with Crippen LogP contribution in [-0.4, -0.2) is 54.6 Å². The highest BCUT2D eigenvalue weighted by Gasteiger charge is 2.21. The number of aryl methyl sites for hydroxylation is 1. The van der Waals surface area contributed by atoms with Gasteiger partial charge in [0.1, 0.15) is 0 Å². The number of guanidine groups is 1. The van der Waals surface area contributed by atoms with Gasteiger partial charge in [-0.25, -0.2) is 0 Å². The number of nitrogens with one attached hydrogen (secondary N) is 3. The molecule has 0 amide bonds. The van der Waals surface area contributed by atoms with Crippen molar-refractivity contribution in [1.82, 2.24) is 20.5 Å². The highest BCUT2D eigenvalue weighted by Crippen LogP contribution is 2.22. The molecule has 28 heavy (non-hydrogen) atoms. The second kappa shape index (κ2) is 11.0. The summed E-state index contributed by atoms with van der Waals surface area (Å²) >= 11 is 0. The number of aromatic amines is 1. The first-order valence-electron chi connectivity index (χ1n) is 10.4. The van der Waals surface area contributed by atoms with Crippen molar-refractivity contribution in [2.24, 2.45) is 4.99 Å². The Morgan fingerprint density at radius 1 is 1.25 bits per heavy atom. The molecule has 0 aliphatic carbocycles. The van der Waals surface area contributed by atoms with Crippen LogP contribution in [0.5, 0.6) is 0 Å². The van der Waals surface area contributed by atoms with Gasteiger partial charge in [0, 0.05) is 55.9 Å². The largest absolute Gasteiger partial charge is 0.361 e. The lowest BCUT2D eigenvalue weighted by Crippen LogP contribution is -2.50. The molecule has 0 bridgehead atoms. The molecule has 5 nitrogen and oxygen atoms in total. The van der Waals surface area contributed by atoms with E-state index in [0.29, 0.717) is 12.1 Å². The molecule has 0 radical (unpaired) electrons. The molecule has 2 aromatic rings. The van der Waals surface area contributed by atoms with E-state index in [1.165, 1.54) is 48.0 Å². The number of nitrogens with zero attached hydrogens (tertiary/aromatic N) is 2. The zero-order valence-electron chi connectivity index (χ0n) is 17.7. The summed E-state index contributed by atoms with van der Waals surface area (Å²) in [5, 5.41) is 8.45. The first-order chi connectivity index (χ1) is 13.1. The van der Waals surface area contributed by atoms with E-state index in [2.05, 4.69) is 70.7 Å². The van der Waals surface area contributed by atoms with Gasteiger partial charge >= 0.3 is 0 Å². The quantitative estimate of drug-likeness (QED) is 0.322. The monoisotopic (exact) mass is 497 g/mol. The van der Waals surface area contributed by atoms with Crippen LogP contribution in [0.4, 0.5) is 0 Å². The molecule has 1 aromatic carbocycles. The van der Waals surface area contributed by atoms with Crippen molar-refractivity contribution in [1.29, 1.82) is 0 Å². The third-order valence-electron chi connectivity index (χ3n) is 5.78. The third kappa shape index (κ3) is 5.63. The molecule has 1 aromatic heterocycles. The Morgan fingerprint density at radius 2 is 2.00 bits per heavy atom. The lowest BCUT2D eigenvalue weighted by molar-refractivity contribution is 0.167. The van der Waals surface area contributed by atoms with Crippen LogP contribution in [0, 0.1) is 0 Å². The predicted molar refractivity (Wildman–Crippen MR) is 131 cm³/mol. The number of H-pyrrole nitrogens is 1. The van der Waals surface area contributed by atoms with Gasteiger partial charge in [0.25, 0.3) is 0 Å². The lowest BCUT2D eigenvalue weighted by Gasteiger charge is -2.35. The lowest BCUT2D eigenvalue weighted by atomic mass is 10.0. The Bertz CT molecular complexity index is 759. The average Bonchev–Trinajstić information content (AvgIpc) is 3.10. The first kappa shape index (κ1) is 23.0. The topological polar surface area (TPSA) is 55.5 Å². The number of likely N-dealkylation sites (tertiary alicyclic amines) is 1. The Morgan fingerprint density at radius 3 is 2.64 bits per heavy atom. The number of para-hydroxylation sites is 1. The highest BCUT2D eigenvalue weighted by molar-refractivity contribution is 14.0. The molecule has 156 valence electrons. The van der Waals surface area contributed by atoms with Crippen molar-refractivity contribution in [2.75, 3.05) is 26.7 Å². The molecule has 1 aliphatic heterocycles. The minimum absolute atomic E-state index is 0. The second-order valence-electron chi connectivity index (χ2n) is 7.80. The summed E-state index contributed by atoms with van der Waals surface area (Å²) in [4.78, 5) is 10.4. The maximum Gasteiger partial charge on any atom is 0.191 e. The number of hydrogen-bond donors (Lipinski definition) is 3. The van der Waals surface area contributed by atoms with E-state index in [9.17, 15) is 0 Å². The molecular weight excluding hydrogens is 461 g/mol. The summed E-state index contributed by atoms with van der Waals surface area (Å²) in [6, 6.07) is 7.75. The van der Waals surface area contributed by atoms with Crippen LogP contribution < -0.4 is 10.6 Å². The Labute approximate surface area is 186 Å². The van der Waals surface area contributed by atoms with Crippen LogP contribution in [0.2, 0.25) is 0 Å². The van der Waals surface area contributed by atoms with Gasteiger partial charge in [-0.05, 0) is 50.7 Å². The van der Waals surface area contributed by atoms with Crippen LogP contribution in [-0.2, 0) is 12.8 Å². The van der Waals surface area contributed by atoms with E-state index < -0.39 is 0 Å². The summed E-state index contributed by atoms with van der Waals surface area (Å²) in [5.74, 6) is 0.923. The number of benzene rings is 1. The number of aliphatic imine (C=N–C) groups is 1. The van der Waals surface area contributed by atoms with Gasteiger partial charge in [-0.15, -0.1) is 24.0 Å². The highest BCUT2D eigenvalue weighted by atomic mass is 127. The van der Waals surface area contributed by atoms with Crippen molar-refractivity contribution >= 4 is 40.8 Å². The smallest absolute Gasteiger partial charge is 0.191 e. The number of halogens is 1. The fraction of sp³-hybridized carbons (Fsp3) is 0.591. The van der Waals surface area contributed by atoms with Crippen LogP contribution in [0.1, 0.15) is 44.7 Å². The van der Waals surface area contributed by atoms with Crippen molar-refractivity contribution in [3.63, 3.8) is 0 Å². The van der Waals surface area contributed by atoms with E-state index in [4.69, 9.17) is 0 Å². The van der Waals surface area contributed by atoms with E-state index in [-0.39, 0.29) is 24.0 Å². The van der Waals surface area contributed by atoms with E-state index in [1.807, 2.05) is 7.05 Å². The van der Waals surface area contributed by atoms with Crippen molar-refractivity contribution < 1.29 is 0 Å². The average molecular weight is 497 g/mol. The van der Waals surface area contributed by atoms with E-state index in [0.717, 1.165) is 25.3 Å². The molecule has 0 unspecified atom stereocenters. The number of fused-ring (bicyclic) bond motifs is 1. The van der Waals surface area contributed by atoms with Crippen LogP contribution in [0.15, 0.2) is 29.4 Å². The summed E-state index contributed by atoms with van der Waals surface area (Å²) in [6.45, 7) is 9.99. The van der Waals surface area contributed by atoms with E-state index >= 15 is 0 Å². The van der Waals surface area contributed by atoms with Crippen LogP contribution >= 0.6 is 24.0 Å². The number of rotatable bonds is 6. The minimum atomic E-state index is 0. The first-order valence-corrected chi connectivity index (χ1v) is 10.4. The van der Waals surface area contributed by atoms with Gasteiger partial charge in [0.05, 0.1) is 0 Å². The SMILES string of the molecule is CCc1cccc2c(CCNC(=NC)NC3CCN(C(C)C)CC3)c[nH]c12.I. The van der Waals surface area contributed by atoms with Gasteiger partial charge in [-0.1, -0.05) is 25.1 Å². The molecule has 6 heteroatoms. The standard InChI is InChI=1S/C22H35N5.HI/c1-5-17-7-6-8-20-18(15-25-21(17)20)9-12-24-22(23-4)26-19-10-13-27(14-11-19)16(2)3;/h6-8,15-16,19,25H,5,9-14H2,1-4H3,(H2,23,24,26);1H. The molecule has 1 fully saturated rings. The van der Waals surface area contributed by atoms with Gasteiger partial charge < -0.3 is 20.5 Å². The van der Waals surface area contributed by atoms with Crippen LogP contribution in [0.25, 0.3) is 10.9 Å². The number of hydrogen-bond acceptors (Lipinski definition) is 2. The van der Waals surface area contributed by atoms with Crippen molar-refractivity contribution in [3.8, 4) is 0 Å². The summed E-state index contributed by atoms with van der Waals surface area (Å²) in [5.41, 5.74) is 4.04. The molecule has 3 rings (SSSR count). The summed E-state index contributed by atoms with van der Waals surface area (Å²) in [7, 11) is 1.86. The maximum absolute atomic E-state index is 4.42. The van der Waals surface area contributed by atoms with Gasteiger partial charge in [-0.3, -0.25) is 4.99 Å². The fourth-order valence-electron chi connectivity index (χ4n) is 4.04. The molecule has 3 N–H and O–H groups in total. The Balaban J connectivity index is 0.00000280. The van der Waals surface area contributed by atoms with Crippen molar-refractivity contribution in [2.45, 2.75) is 58.5 Å². The van der Waals surface area contributed by atoms with Crippen molar-refractivity contribution in [3.05, 3.63) is 35.5 Å². The molecule has 2 heterocycles. The molecule has 0 atom stereocenters. The zero-order chi connectivity index (χ0) is 19.2. The number of aromatic nitrogens is 1. The number of piperidine rings is 1. The fourth-order valence-corrected chi connectivity index (χ4v) is 4.04. The Kier molecular flexibility index (Phi) is 9.08. The molecule has 1 saturated heterocycles. The van der Waals surface area contributed by atoms with Gasteiger partial charge in [0.2, 0.25) is 0 Å². The normalized spacial score (nSPS) is 16.4. The molecule has 1 aliphatic rings. The Hall–Kier alpha value is -1.28. The summed E-state index contributed by atoms with van der Waals surface area (Å²) in [6.07, 6.45) is 6.56. The van der Waals surface area contributed by atoms with Gasteiger partial charge in [-0.2, -0.15) is 0 Å². The molecular formula is C22H36IN5. The molecule has 0 spiro atoms. The minimum Gasteiger partial charge on any atom is -0.361 e. The third-order valence-corrected chi connectivity index (χ3v) is 5.78. The molecule has 0 saturated carbocycles. The maximum atomic E-state index is 4.42. The summed E-state index contributed by atoms with van der Waals surface area (Å²) < 4.78 is 0.